The van der Waals surface area contributed by atoms with Gasteiger partial charge in [0.25, 0.3) is 0 Å². The van der Waals surface area contributed by atoms with E-state index >= 15 is 0 Å². The lowest BCUT2D eigenvalue weighted by Gasteiger charge is -2.05. The molecule has 18 heavy (non-hydrogen) atoms. The average molecular weight is 263 g/mol. The van der Waals surface area contributed by atoms with Crippen molar-refractivity contribution < 1.29 is 4.74 Å². The van der Waals surface area contributed by atoms with Crippen molar-refractivity contribution in [1.29, 1.82) is 0 Å². The zero-order valence-corrected chi connectivity index (χ0v) is 11.5. The zero-order valence-electron chi connectivity index (χ0n) is 10.6. The van der Waals surface area contributed by atoms with Crippen molar-refractivity contribution in [2.45, 2.75) is 26.5 Å². The fourth-order valence-corrected chi connectivity index (χ4v) is 2.29. The van der Waals surface area contributed by atoms with E-state index in [-0.39, 0.29) is 0 Å². The summed E-state index contributed by atoms with van der Waals surface area (Å²) >= 11 is 1.41. The fraction of sp³-hybridized carbons (Fsp3) is 0.385. The molecule has 2 aromatic rings. The van der Waals surface area contributed by atoms with Crippen molar-refractivity contribution in [3.8, 4) is 0 Å². The van der Waals surface area contributed by atoms with Crippen LogP contribution in [0.2, 0.25) is 0 Å². The van der Waals surface area contributed by atoms with Gasteiger partial charge in [0.05, 0.1) is 6.61 Å². The number of nitrogens with zero attached hydrogens (tertiary/aromatic N) is 2. The summed E-state index contributed by atoms with van der Waals surface area (Å²) in [6.07, 6.45) is 0.876. The monoisotopic (exact) mass is 263 g/mol. The van der Waals surface area contributed by atoms with E-state index in [1.165, 1.54) is 22.7 Å². The van der Waals surface area contributed by atoms with E-state index in [9.17, 15) is 0 Å². The fourth-order valence-electron chi connectivity index (χ4n) is 1.64. The Hall–Kier alpha value is -1.46. The van der Waals surface area contributed by atoms with Gasteiger partial charge in [-0.1, -0.05) is 31.2 Å². The summed E-state index contributed by atoms with van der Waals surface area (Å²) in [5.74, 6) is 0.899. The van der Waals surface area contributed by atoms with Crippen LogP contribution in [0, 0.1) is 0 Å². The Labute approximate surface area is 111 Å². The summed E-state index contributed by atoms with van der Waals surface area (Å²) in [6, 6.07) is 8.34. The molecule has 0 saturated carbocycles. The van der Waals surface area contributed by atoms with Crippen LogP contribution in [0.25, 0.3) is 0 Å². The van der Waals surface area contributed by atoms with Gasteiger partial charge in [0.2, 0.25) is 5.13 Å². The van der Waals surface area contributed by atoms with Crippen LogP contribution in [0.3, 0.4) is 0 Å². The molecule has 1 aromatic heterocycles. The van der Waals surface area contributed by atoms with Gasteiger partial charge in [-0.15, -0.1) is 0 Å². The third-order valence-corrected chi connectivity index (χ3v) is 3.24. The number of hydrogen-bond donors (Lipinski definition) is 1. The van der Waals surface area contributed by atoms with Crippen LogP contribution in [0.4, 0.5) is 5.13 Å². The SMILES string of the molecule is CCc1nsc(NCc2cccc(COC)c2)n1. The number of rotatable bonds is 6. The summed E-state index contributed by atoms with van der Waals surface area (Å²) in [6.45, 7) is 3.46. The molecule has 4 nitrogen and oxygen atoms in total. The van der Waals surface area contributed by atoms with Gasteiger partial charge in [-0.25, -0.2) is 4.98 Å². The minimum Gasteiger partial charge on any atom is -0.380 e. The van der Waals surface area contributed by atoms with E-state index in [0.717, 1.165) is 23.9 Å². The maximum atomic E-state index is 5.12. The van der Waals surface area contributed by atoms with Crippen LogP contribution in [-0.4, -0.2) is 16.5 Å². The molecule has 0 saturated heterocycles. The average Bonchev–Trinajstić information content (AvgIpc) is 2.85. The summed E-state index contributed by atoms with van der Waals surface area (Å²) in [7, 11) is 1.71. The van der Waals surface area contributed by atoms with Crippen molar-refractivity contribution >= 4 is 16.7 Å². The Bertz CT molecular complexity index is 498. The molecule has 0 aliphatic heterocycles. The highest BCUT2D eigenvalue weighted by Gasteiger charge is 2.02. The molecule has 96 valence electrons. The predicted octanol–water partition coefficient (Wildman–Crippen LogP) is 2.86. The number of aryl methyl sites for hydroxylation is 1. The normalized spacial score (nSPS) is 10.6. The van der Waals surface area contributed by atoms with Crippen LogP contribution in [0.1, 0.15) is 23.9 Å². The first kappa shape index (κ1) is 13.0. The van der Waals surface area contributed by atoms with Crippen LogP contribution in [0.5, 0.6) is 0 Å². The number of hydrogen-bond acceptors (Lipinski definition) is 5. The van der Waals surface area contributed by atoms with Crippen LogP contribution >= 0.6 is 11.5 Å². The smallest absolute Gasteiger partial charge is 0.202 e. The Morgan fingerprint density at radius 3 is 2.89 bits per heavy atom. The van der Waals surface area contributed by atoms with Crippen molar-refractivity contribution in [2.24, 2.45) is 0 Å². The molecular weight excluding hydrogens is 246 g/mol. The summed E-state index contributed by atoms with van der Waals surface area (Å²) in [5.41, 5.74) is 2.40. The van der Waals surface area contributed by atoms with Crippen LogP contribution in [-0.2, 0) is 24.3 Å². The van der Waals surface area contributed by atoms with Crippen molar-refractivity contribution in [3.63, 3.8) is 0 Å². The first-order chi connectivity index (χ1) is 8.81. The largest absolute Gasteiger partial charge is 0.380 e. The molecule has 0 aliphatic rings. The third-order valence-electron chi connectivity index (χ3n) is 2.53. The third kappa shape index (κ3) is 3.51. The number of nitrogens with one attached hydrogen (secondary N) is 1. The minimum absolute atomic E-state index is 0.645. The number of benzene rings is 1. The Morgan fingerprint density at radius 1 is 1.33 bits per heavy atom. The maximum Gasteiger partial charge on any atom is 0.202 e. The van der Waals surface area contributed by atoms with Crippen LogP contribution < -0.4 is 5.32 Å². The molecule has 0 atom stereocenters. The Balaban J connectivity index is 1.94. The molecule has 0 aliphatic carbocycles. The number of anilines is 1. The van der Waals surface area contributed by atoms with E-state index in [1.54, 1.807) is 7.11 Å². The molecular formula is C13H17N3OS. The molecule has 0 amide bonds. The highest BCUT2D eigenvalue weighted by atomic mass is 32.1. The highest BCUT2D eigenvalue weighted by Crippen LogP contribution is 2.13. The molecule has 0 fully saturated rings. The van der Waals surface area contributed by atoms with Gasteiger partial charge in [-0.05, 0) is 11.1 Å². The number of methoxy groups -OCH3 is 1. The van der Waals surface area contributed by atoms with Gasteiger partial charge >= 0.3 is 0 Å². The zero-order chi connectivity index (χ0) is 12.8. The molecule has 1 aromatic carbocycles. The second-order valence-electron chi connectivity index (χ2n) is 3.98. The lowest BCUT2D eigenvalue weighted by Crippen LogP contribution is -2.00. The second kappa shape index (κ2) is 6.47. The van der Waals surface area contributed by atoms with Gasteiger partial charge in [-0.3, -0.25) is 0 Å². The first-order valence-electron chi connectivity index (χ1n) is 5.95. The standard InChI is InChI=1S/C13H17N3OS/c1-3-12-15-13(18-16-12)14-8-10-5-4-6-11(7-10)9-17-2/h4-7H,3,8-9H2,1-2H3,(H,14,15,16). The van der Waals surface area contributed by atoms with Gasteiger partial charge in [0.15, 0.2) is 0 Å². The number of aromatic nitrogens is 2. The molecule has 0 radical (unpaired) electrons. The first-order valence-corrected chi connectivity index (χ1v) is 6.72. The summed E-state index contributed by atoms with van der Waals surface area (Å²) in [4.78, 5) is 4.37. The molecule has 1 N–H and O–H groups in total. The molecule has 0 bridgehead atoms. The molecule has 0 spiro atoms. The van der Waals surface area contributed by atoms with Crippen molar-refractivity contribution in [3.05, 3.63) is 41.2 Å². The highest BCUT2D eigenvalue weighted by molar-refractivity contribution is 7.09. The molecule has 5 heteroatoms. The van der Waals surface area contributed by atoms with E-state index in [0.29, 0.717) is 6.61 Å². The second-order valence-corrected chi connectivity index (χ2v) is 4.73. The quantitative estimate of drug-likeness (QED) is 0.870. The van der Waals surface area contributed by atoms with Crippen LogP contribution in [0.15, 0.2) is 24.3 Å². The van der Waals surface area contributed by atoms with Gasteiger partial charge in [-0.2, -0.15) is 4.37 Å². The van der Waals surface area contributed by atoms with E-state index in [2.05, 4.69) is 39.8 Å². The van der Waals surface area contributed by atoms with Crippen molar-refractivity contribution in [1.82, 2.24) is 9.36 Å². The maximum absolute atomic E-state index is 5.12. The lowest BCUT2D eigenvalue weighted by atomic mass is 10.1. The van der Waals surface area contributed by atoms with Gasteiger partial charge in [0, 0.05) is 31.6 Å². The minimum atomic E-state index is 0.645. The lowest BCUT2D eigenvalue weighted by molar-refractivity contribution is 0.185. The number of ether oxygens (including phenoxy) is 1. The predicted molar refractivity (Wildman–Crippen MR) is 73.8 cm³/mol. The van der Waals surface area contributed by atoms with E-state index in [1.807, 2.05) is 6.07 Å². The van der Waals surface area contributed by atoms with Gasteiger partial charge < -0.3 is 10.1 Å². The van der Waals surface area contributed by atoms with Crippen molar-refractivity contribution in [2.75, 3.05) is 12.4 Å². The van der Waals surface area contributed by atoms with E-state index < -0.39 is 0 Å². The molecule has 0 unspecified atom stereocenters. The Morgan fingerprint density at radius 2 is 2.17 bits per heavy atom. The Kier molecular flexibility index (Phi) is 4.66. The van der Waals surface area contributed by atoms with Gasteiger partial charge in [0.1, 0.15) is 5.82 Å². The molecule has 1 heterocycles. The topological polar surface area (TPSA) is 47.0 Å². The molecule has 2 rings (SSSR count). The summed E-state index contributed by atoms with van der Waals surface area (Å²) in [5, 5.41) is 4.17. The summed E-state index contributed by atoms with van der Waals surface area (Å²) < 4.78 is 9.36. The van der Waals surface area contributed by atoms with E-state index in [4.69, 9.17) is 4.74 Å².